The third-order valence-electron chi connectivity index (χ3n) is 4.40. The lowest BCUT2D eigenvalue weighted by Crippen LogP contribution is -2.36. The summed E-state index contributed by atoms with van der Waals surface area (Å²) in [5, 5.41) is 2.74. The second kappa shape index (κ2) is 8.83. The van der Waals surface area contributed by atoms with Gasteiger partial charge in [0, 0.05) is 17.9 Å². The number of nitrogens with one attached hydrogen (secondary N) is 1. The van der Waals surface area contributed by atoms with Crippen LogP contribution in [0.15, 0.2) is 48.5 Å². The molecule has 2 amide bonds. The molecular formula is C20H24ClN3O2. The zero-order valence-corrected chi connectivity index (χ0v) is 15.6. The van der Waals surface area contributed by atoms with Crippen LogP contribution in [0.2, 0.25) is 0 Å². The van der Waals surface area contributed by atoms with Gasteiger partial charge in [-0.05, 0) is 49.1 Å². The Morgan fingerprint density at radius 3 is 2.54 bits per heavy atom. The molecule has 3 N–H and O–H groups in total. The number of rotatable bonds is 4. The van der Waals surface area contributed by atoms with Crippen molar-refractivity contribution >= 4 is 35.6 Å². The lowest BCUT2D eigenvalue weighted by atomic mass is 10.0. The van der Waals surface area contributed by atoms with Gasteiger partial charge < -0.3 is 16.0 Å². The SMILES string of the molecule is C[C@@H](N)C(=O)Nc1ccc(CC(=O)N2CCCc3ccccc32)cc1.Cl. The molecule has 0 radical (unpaired) electrons. The number of fused-ring (bicyclic) bond motifs is 1. The first-order valence-electron chi connectivity index (χ1n) is 8.58. The molecule has 1 aliphatic heterocycles. The highest BCUT2D eigenvalue weighted by molar-refractivity contribution is 5.96. The Bertz CT molecular complexity index is 775. The molecule has 2 aromatic carbocycles. The second-order valence-corrected chi connectivity index (χ2v) is 6.43. The van der Waals surface area contributed by atoms with Crippen molar-refractivity contribution in [3.8, 4) is 0 Å². The Labute approximate surface area is 160 Å². The van der Waals surface area contributed by atoms with E-state index in [1.165, 1.54) is 5.56 Å². The van der Waals surface area contributed by atoms with Gasteiger partial charge in [0.2, 0.25) is 11.8 Å². The zero-order valence-electron chi connectivity index (χ0n) is 14.8. The fraction of sp³-hybridized carbons (Fsp3) is 0.300. The molecule has 5 nitrogen and oxygen atoms in total. The predicted octanol–water partition coefficient (Wildman–Crippen LogP) is 2.92. The summed E-state index contributed by atoms with van der Waals surface area (Å²) in [5.74, 6) is -0.131. The van der Waals surface area contributed by atoms with Crippen LogP contribution in [0.1, 0.15) is 24.5 Å². The van der Waals surface area contributed by atoms with Crippen LogP contribution >= 0.6 is 12.4 Å². The first-order chi connectivity index (χ1) is 12.0. The van der Waals surface area contributed by atoms with Crippen LogP contribution in [0.5, 0.6) is 0 Å². The van der Waals surface area contributed by atoms with Gasteiger partial charge in [0.1, 0.15) is 0 Å². The van der Waals surface area contributed by atoms with Crippen LogP contribution in [-0.2, 0) is 22.4 Å². The number of carbonyl (C=O) groups is 2. The second-order valence-electron chi connectivity index (χ2n) is 6.43. The van der Waals surface area contributed by atoms with Gasteiger partial charge in [0.25, 0.3) is 0 Å². The quantitative estimate of drug-likeness (QED) is 0.865. The van der Waals surface area contributed by atoms with Crippen LogP contribution in [0.3, 0.4) is 0 Å². The largest absolute Gasteiger partial charge is 0.325 e. The Morgan fingerprint density at radius 1 is 1.15 bits per heavy atom. The summed E-state index contributed by atoms with van der Waals surface area (Å²) in [5.41, 5.74) is 9.40. The van der Waals surface area contributed by atoms with Gasteiger partial charge in [-0.25, -0.2) is 0 Å². The van der Waals surface area contributed by atoms with E-state index in [1.54, 1.807) is 19.1 Å². The van der Waals surface area contributed by atoms with Gasteiger partial charge in [0.05, 0.1) is 12.5 Å². The van der Waals surface area contributed by atoms with E-state index in [9.17, 15) is 9.59 Å². The Hall–Kier alpha value is -2.37. The van der Waals surface area contributed by atoms with Crippen molar-refractivity contribution in [1.29, 1.82) is 0 Å². The number of benzene rings is 2. The number of aryl methyl sites for hydroxylation is 1. The van der Waals surface area contributed by atoms with Gasteiger partial charge >= 0.3 is 0 Å². The molecule has 0 unspecified atom stereocenters. The molecule has 1 atom stereocenters. The number of hydrogen-bond acceptors (Lipinski definition) is 3. The van der Waals surface area contributed by atoms with E-state index in [0.29, 0.717) is 12.1 Å². The number of amides is 2. The van der Waals surface area contributed by atoms with Crippen LogP contribution < -0.4 is 16.0 Å². The van der Waals surface area contributed by atoms with E-state index in [4.69, 9.17) is 5.73 Å². The average molecular weight is 374 g/mol. The number of nitrogens with zero attached hydrogens (tertiary/aromatic N) is 1. The third kappa shape index (κ3) is 4.62. The van der Waals surface area contributed by atoms with Crippen molar-refractivity contribution in [1.82, 2.24) is 0 Å². The predicted molar refractivity (Wildman–Crippen MR) is 107 cm³/mol. The van der Waals surface area contributed by atoms with Gasteiger partial charge in [-0.1, -0.05) is 30.3 Å². The average Bonchev–Trinajstić information content (AvgIpc) is 2.62. The summed E-state index contributed by atoms with van der Waals surface area (Å²) in [6.45, 7) is 2.40. The van der Waals surface area contributed by atoms with Gasteiger partial charge in [0.15, 0.2) is 0 Å². The molecule has 0 fully saturated rings. The van der Waals surface area contributed by atoms with E-state index in [1.807, 2.05) is 35.2 Å². The number of halogens is 1. The van der Waals surface area contributed by atoms with Crippen LogP contribution in [0.4, 0.5) is 11.4 Å². The summed E-state index contributed by atoms with van der Waals surface area (Å²) in [4.78, 5) is 26.2. The van der Waals surface area contributed by atoms with Crippen molar-refractivity contribution in [2.75, 3.05) is 16.8 Å². The Morgan fingerprint density at radius 2 is 1.85 bits per heavy atom. The number of para-hydroxylation sites is 1. The van der Waals surface area contributed by atoms with E-state index < -0.39 is 6.04 Å². The van der Waals surface area contributed by atoms with E-state index in [0.717, 1.165) is 30.6 Å². The van der Waals surface area contributed by atoms with Crippen LogP contribution in [0, 0.1) is 0 Å². The molecule has 26 heavy (non-hydrogen) atoms. The highest BCUT2D eigenvalue weighted by Crippen LogP contribution is 2.27. The standard InChI is InChI=1S/C20H23N3O2.ClH/c1-14(21)20(25)22-17-10-8-15(9-11-17)13-19(24)23-12-4-6-16-5-2-3-7-18(16)23;/h2-3,5,7-11,14H,4,6,12-13,21H2,1H3,(H,22,25);1H/t14-;/m1./s1. The van der Waals surface area contributed by atoms with Crippen molar-refractivity contribution in [3.05, 3.63) is 59.7 Å². The fourth-order valence-electron chi connectivity index (χ4n) is 3.02. The zero-order chi connectivity index (χ0) is 17.8. The molecule has 0 saturated carbocycles. The number of anilines is 2. The normalized spacial score (nSPS) is 14.0. The maximum Gasteiger partial charge on any atom is 0.240 e. The third-order valence-corrected chi connectivity index (χ3v) is 4.40. The summed E-state index contributed by atoms with van der Waals surface area (Å²) in [7, 11) is 0. The van der Waals surface area contributed by atoms with E-state index in [2.05, 4.69) is 11.4 Å². The Balaban J connectivity index is 0.00000243. The molecule has 0 spiro atoms. The van der Waals surface area contributed by atoms with Gasteiger partial charge in [-0.15, -0.1) is 12.4 Å². The minimum Gasteiger partial charge on any atom is -0.325 e. The summed E-state index contributed by atoms with van der Waals surface area (Å²) in [6, 6.07) is 14.9. The van der Waals surface area contributed by atoms with Gasteiger partial charge in [-0.3, -0.25) is 9.59 Å². The molecule has 138 valence electrons. The topological polar surface area (TPSA) is 75.4 Å². The maximum absolute atomic E-state index is 12.7. The van der Waals surface area contributed by atoms with Crippen molar-refractivity contribution in [2.45, 2.75) is 32.2 Å². The van der Waals surface area contributed by atoms with Crippen LogP contribution in [-0.4, -0.2) is 24.4 Å². The van der Waals surface area contributed by atoms with E-state index in [-0.39, 0.29) is 24.2 Å². The fourth-order valence-corrected chi connectivity index (χ4v) is 3.02. The van der Waals surface area contributed by atoms with E-state index >= 15 is 0 Å². The minimum atomic E-state index is -0.555. The highest BCUT2D eigenvalue weighted by atomic mass is 35.5. The molecule has 6 heteroatoms. The monoisotopic (exact) mass is 373 g/mol. The van der Waals surface area contributed by atoms with Crippen molar-refractivity contribution in [3.63, 3.8) is 0 Å². The summed E-state index contributed by atoms with van der Waals surface area (Å²) in [6.07, 6.45) is 2.36. The number of hydrogen-bond donors (Lipinski definition) is 2. The Kier molecular flexibility index (Phi) is 6.77. The van der Waals surface area contributed by atoms with Crippen molar-refractivity contribution < 1.29 is 9.59 Å². The first kappa shape index (κ1) is 19.9. The molecule has 3 rings (SSSR count). The lowest BCUT2D eigenvalue weighted by Gasteiger charge is -2.29. The minimum absolute atomic E-state index is 0. The molecule has 1 heterocycles. The first-order valence-corrected chi connectivity index (χ1v) is 8.58. The highest BCUT2D eigenvalue weighted by Gasteiger charge is 2.22. The number of carbonyl (C=O) groups excluding carboxylic acids is 2. The summed E-state index contributed by atoms with van der Waals surface area (Å²) < 4.78 is 0. The molecule has 0 aromatic heterocycles. The molecule has 1 aliphatic rings. The molecule has 0 aliphatic carbocycles. The maximum atomic E-state index is 12.7. The van der Waals surface area contributed by atoms with Crippen LogP contribution in [0.25, 0.3) is 0 Å². The van der Waals surface area contributed by atoms with Crippen molar-refractivity contribution in [2.24, 2.45) is 5.73 Å². The lowest BCUT2D eigenvalue weighted by molar-refractivity contribution is -0.118. The molecule has 0 bridgehead atoms. The molecule has 2 aromatic rings. The summed E-state index contributed by atoms with van der Waals surface area (Å²) >= 11 is 0. The molecular weight excluding hydrogens is 350 g/mol. The smallest absolute Gasteiger partial charge is 0.240 e. The molecule has 0 saturated heterocycles. The number of nitrogens with two attached hydrogens (primary N) is 1. The van der Waals surface area contributed by atoms with Gasteiger partial charge in [-0.2, -0.15) is 0 Å².